The van der Waals surface area contributed by atoms with Gasteiger partial charge in [0.25, 0.3) is 5.91 Å². The molecule has 0 aliphatic carbocycles. The molecule has 7 nitrogen and oxygen atoms in total. The molecule has 3 aromatic rings. The highest BCUT2D eigenvalue weighted by atomic mass is 16.3. The zero-order chi connectivity index (χ0) is 19.9. The number of nitrogens with two attached hydrogens (primary N) is 1. The fraction of sp³-hybridized carbons (Fsp3) is 0.238. The number of aromatic nitrogens is 3. The van der Waals surface area contributed by atoms with Gasteiger partial charge in [-0.2, -0.15) is 0 Å². The van der Waals surface area contributed by atoms with Gasteiger partial charge in [-0.3, -0.25) is 9.78 Å². The largest absolute Gasteiger partial charge is 0.383 e. The van der Waals surface area contributed by atoms with Gasteiger partial charge < -0.3 is 15.7 Å². The molecular weight excluding hydrogens is 354 g/mol. The second kappa shape index (κ2) is 6.59. The lowest BCUT2D eigenvalue weighted by Gasteiger charge is -2.13. The molecule has 3 N–H and O–H groups in total. The van der Waals surface area contributed by atoms with E-state index in [9.17, 15) is 9.90 Å². The number of anilines is 1. The zero-order valence-corrected chi connectivity index (χ0v) is 15.6. The Balaban J connectivity index is 1.73. The summed E-state index contributed by atoms with van der Waals surface area (Å²) < 4.78 is 0. The quantitative estimate of drug-likeness (QED) is 0.627. The number of pyridine rings is 1. The van der Waals surface area contributed by atoms with Gasteiger partial charge in [0, 0.05) is 36.5 Å². The first-order chi connectivity index (χ1) is 13.4. The van der Waals surface area contributed by atoms with E-state index in [0.29, 0.717) is 24.3 Å². The molecule has 3 heterocycles. The van der Waals surface area contributed by atoms with E-state index in [1.807, 2.05) is 37.3 Å². The average molecular weight is 373 g/mol. The van der Waals surface area contributed by atoms with Crippen LogP contribution >= 0.6 is 0 Å². The molecule has 1 aliphatic rings. The minimum atomic E-state index is -1.62. The number of nitrogen functional groups attached to an aromatic ring is 1. The third kappa shape index (κ3) is 3.04. The second-order valence-corrected chi connectivity index (χ2v) is 6.92. The Bertz CT molecular complexity index is 1160. The number of likely N-dealkylation sites (N-methyl/N-ethyl adjacent to an activating group) is 1. The first-order valence-electron chi connectivity index (χ1n) is 8.87. The van der Waals surface area contributed by atoms with Gasteiger partial charge >= 0.3 is 0 Å². The number of amides is 1. The molecule has 140 valence electrons. The number of carbonyl (C=O) groups is 1. The number of fused-ring (bicyclic) bond motifs is 1. The van der Waals surface area contributed by atoms with Crippen molar-refractivity contribution in [3.63, 3.8) is 0 Å². The number of carbonyl (C=O) groups excluding carboxylic acids is 1. The number of aryl methyl sites for hydroxylation is 1. The molecule has 1 aliphatic heterocycles. The van der Waals surface area contributed by atoms with Crippen molar-refractivity contribution in [2.75, 3.05) is 19.3 Å². The molecule has 0 bridgehead atoms. The molecule has 1 atom stereocenters. The molecule has 1 fully saturated rings. The molecule has 28 heavy (non-hydrogen) atoms. The average Bonchev–Trinajstić information content (AvgIpc) is 2.95. The third-order valence-electron chi connectivity index (χ3n) is 4.91. The predicted octanol–water partition coefficient (Wildman–Crippen LogP) is 1.53. The predicted molar refractivity (Wildman–Crippen MR) is 106 cm³/mol. The van der Waals surface area contributed by atoms with E-state index < -0.39 is 5.60 Å². The standard InChI is InChI=1S/C21H19N5O2/c1-13-18-16(19(22)24-12-23-18)11-17(25-13)15-5-3-4-14(10-15)6-7-21(28)8-9-26(2)20(21)27/h3-5,10-12,28H,8-9H2,1-2H3,(H2,22,23,24)/t21-/m0/s1. The number of likely N-dealkylation sites (tertiary alicyclic amines) is 1. The summed E-state index contributed by atoms with van der Waals surface area (Å²) in [5.41, 5.74) is 8.12. The maximum absolute atomic E-state index is 12.1. The Kier molecular flexibility index (Phi) is 4.21. The van der Waals surface area contributed by atoms with Gasteiger partial charge in [-0.05, 0) is 25.1 Å². The summed E-state index contributed by atoms with van der Waals surface area (Å²) in [6.07, 6.45) is 1.73. The van der Waals surface area contributed by atoms with Crippen molar-refractivity contribution >= 4 is 22.6 Å². The van der Waals surface area contributed by atoms with E-state index in [2.05, 4.69) is 26.8 Å². The van der Waals surface area contributed by atoms with Crippen LogP contribution in [0.4, 0.5) is 5.82 Å². The molecule has 1 amide bonds. The van der Waals surface area contributed by atoms with Crippen LogP contribution in [0.5, 0.6) is 0 Å². The van der Waals surface area contributed by atoms with Crippen LogP contribution in [-0.4, -0.2) is 50.1 Å². The SMILES string of the molecule is Cc1nc(-c2cccc(C#C[C@]3(O)CCN(C)C3=O)c2)cc2c(N)ncnc12. The smallest absolute Gasteiger partial charge is 0.267 e. The zero-order valence-electron chi connectivity index (χ0n) is 15.6. The van der Waals surface area contributed by atoms with Crippen LogP contribution in [-0.2, 0) is 4.79 Å². The first-order valence-corrected chi connectivity index (χ1v) is 8.87. The number of hydrogen-bond acceptors (Lipinski definition) is 6. The number of hydrogen-bond donors (Lipinski definition) is 2. The Morgan fingerprint density at radius 1 is 1.29 bits per heavy atom. The molecule has 0 saturated carbocycles. The summed E-state index contributed by atoms with van der Waals surface area (Å²) in [5, 5.41) is 11.2. The van der Waals surface area contributed by atoms with E-state index in [0.717, 1.165) is 27.9 Å². The summed E-state index contributed by atoms with van der Waals surface area (Å²) in [6.45, 7) is 2.37. The van der Waals surface area contributed by atoms with Crippen LogP contribution in [0.25, 0.3) is 22.2 Å². The molecule has 0 unspecified atom stereocenters. The lowest BCUT2D eigenvalue weighted by Crippen LogP contribution is -2.37. The van der Waals surface area contributed by atoms with Crippen LogP contribution in [0.1, 0.15) is 17.7 Å². The Hall–Kier alpha value is -3.50. The van der Waals surface area contributed by atoms with E-state index in [4.69, 9.17) is 5.73 Å². The highest BCUT2D eigenvalue weighted by molar-refractivity contribution is 5.92. The van der Waals surface area contributed by atoms with Crippen molar-refractivity contribution in [2.45, 2.75) is 18.9 Å². The van der Waals surface area contributed by atoms with Crippen molar-refractivity contribution in [2.24, 2.45) is 0 Å². The van der Waals surface area contributed by atoms with Gasteiger partial charge in [0.2, 0.25) is 5.60 Å². The fourth-order valence-corrected chi connectivity index (χ4v) is 3.29. The van der Waals surface area contributed by atoms with Gasteiger partial charge in [0.1, 0.15) is 12.1 Å². The van der Waals surface area contributed by atoms with Crippen LogP contribution in [0.3, 0.4) is 0 Å². The first kappa shape index (κ1) is 17.9. The van der Waals surface area contributed by atoms with Crippen LogP contribution in [0.15, 0.2) is 36.7 Å². The van der Waals surface area contributed by atoms with Crippen LogP contribution in [0.2, 0.25) is 0 Å². The van der Waals surface area contributed by atoms with Crippen molar-refractivity contribution in [3.8, 4) is 23.1 Å². The van der Waals surface area contributed by atoms with E-state index in [1.165, 1.54) is 11.2 Å². The fourth-order valence-electron chi connectivity index (χ4n) is 3.29. The highest BCUT2D eigenvalue weighted by Gasteiger charge is 2.42. The molecule has 0 spiro atoms. The Morgan fingerprint density at radius 3 is 2.86 bits per heavy atom. The Labute approximate surface area is 162 Å². The van der Waals surface area contributed by atoms with Crippen molar-refractivity contribution in [1.29, 1.82) is 0 Å². The maximum Gasteiger partial charge on any atom is 0.267 e. The monoisotopic (exact) mass is 373 g/mol. The lowest BCUT2D eigenvalue weighted by atomic mass is 10.0. The van der Waals surface area contributed by atoms with Gasteiger partial charge in [-0.25, -0.2) is 9.97 Å². The van der Waals surface area contributed by atoms with Gasteiger partial charge in [0.05, 0.1) is 16.9 Å². The summed E-state index contributed by atoms with van der Waals surface area (Å²) in [6, 6.07) is 9.33. The molecule has 1 saturated heterocycles. The van der Waals surface area contributed by atoms with Crippen molar-refractivity contribution < 1.29 is 9.90 Å². The molecular formula is C21H19N5O2. The Morgan fingerprint density at radius 2 is 2.11 bits per heavy atom. The van der Waals surface area contributed by atoms with Gasteiger partial charge in [0.15, 0.2) is 0 Å². The normalized spacial score (nSPS) is 19.0. The number of aliphatic hydroxyl groups is 1. The summed E-state index contributed by atoms with van der Waals surface area (Å²) in [5.74, 6) is 5.70. The number of nitrogens with zero attached hydrogens (tertiary/aromatic N) is 4. The summed E-state index contributed by atoms with van der Waals surface area (Å²) >= 11 is 0. The maximum atomic E-state index is 12.1. The minimum absolute atomic E-state index is 0.305. The number of rotatable bonds is 1. The number of benzene rings is 1. The summed E-state index contributed by atoms with van der Waals surface area (Å²) in [4.78, 5) is 26.5. The topological polar surface area (TPSA) is 105 Å². The van der Waals surface area contributed by atoms with Gasteiger partial charge in [-0.15, -0.1) is 0 Å². The van der Waals surface area contributed by atoms with E-state index >= 15 is 0 Å². The van der Waals surface area contributed by atoms with Crippen LogP contribution in [0, 0.1) is 18.8 Å². The van der Waals surface area contributed by atoms with E-state index in [1.54, 1.807) is 7.05 Å². The second-order valence-electron chi connectivity index (χ2n) is 6.92. The van der Waals surface area contributed by atoms with Crippen molar-refractivity contribution in [3.05, 3.63) is 47.9 Å². The summed E-state index contributed by atoms with van der Waals surface area (Å²) in [7, 11) is 1.66. The van der Waals surface area contributed by atoms with E-state index in [-0.39, 0.29) is 5.91 Å². The van der Waals surface area contributed by atoms with Gasteiger partial charge in [-0.1, -0.05) is 24.0 Å². The molecule has 2 aromatic heterocycles. The lowest BCUT2D eigenvalue weighted by molar-refractivity contribution is -0.137. The highest BCUT2D eigenvalue weighted by Crippen LogP contribution is 2.26. The van der Waals surface area contributed by atoms with Crippen LogP contribution < -0.4 is 5.73 Å². The molecule has 4 rings (SSSR count). The van der Waals surface area contributed by atoms with Crippen molar-refractivity contribution in [1.82, 2.24) is 19.9 Å². The molecule has 7 heteroatoms. The molecule has 1 aromatic carbocycles. The third-order valence-corrected chi connectivity index (χ3v) is 4.91. The molecule has 0 radical (unpaired) electrons. The minimum Gasteiger partial charge on any atom is -0.383 e.